The van der Waals surface area contributed by atoms with E-state index in [1.807, 2.05) is 62.4 Å². The van der Waals surface area contributed by atoms with Gasteiger partial charge in [0.2, 0.25) is 5.91 Å². The Morgan fingerprint density at radius 3 is 2.54 bits per heavy atom. The Morgan fingerprint density at radius 2 is 1.85 bits per heavy atom. The molecule has 0 radical (unpaired) electrons. The first kappa shape index (κ1) is 22.4. The van der Waals surface area contributed by atoms with E-state index >= 15 is 0 Å². The van der Waals surface area contributed by atoms with Gasteiger partial charge in [-0.2, -0.15) is 0 Å². The van der Waals surface area contributed by atoms with Crippen LogP contribution in [-0.4, -0.2) is 25.0 Å². The van der Waals surface area contributed by atoms with E-state index in [2.05, 4.69) is 36.9 Å². The Labute approximate surface area is 180 Å². The summed E-state index contributed by atoms with van der Waals surface area (Å²) in [5.74, 6) is 0.499. The number of nitrogens with one attached hydrogen (secondary N) is 3. The van der Waals surface area contributed by atoms with Crippen LogP contribution in [0.5, 0.6) is 0 Å². The van der Waals surface area contributed by atoms with Gasteiger partial charge in [-0.25, -0.2) is 4.99 Å². The van der Waals surface area contributed by atoms with Gasteiger partial charge in [-0.15, -0.1) is 24.0 Å². The third kappa shape index (κ3) is 7.74. The molecule has 7 heteroatoms. The van der Waals surface area contributed by atoms with Crippen molar-refractivity contribution in [2.24, 2.45) is 4.99 Å². The largest absolute Gasteiger partial charge is 0.357 e. The summed E-state index contributed by atoms with van der Waals surface area (Å²) in [6.07, 6.45) is 0. The fourth-order valence-corrected chi connectivity index (χ4v) is 2.54. The number of benzene rings is 2. The van der Waals surface area contributed by atoms with Crippen molar-refractivity contribution >= 4 is 57.5 Å². The Bertz CT molecular complexity index is 738. The van der Waals surface area contributed by atoms with Gasteiger partial charge < -0.3 is 16.0 Å². The van der Waals surface area contributed by atoms with Crippen LogP contribution in [0.4, 0.5) is 5.69 Å². The Hall–Kier alpha value is -1.61. The fourth-order valence-electron chi connectivity index (χ4n) is 2.18. The molecule has 2 rings (SSSR count). The lowest BCUT2D eigenvalue weighted by molar-refractivity contribution is -0.115. The monoisotopic (exact) mass is 530 g/mol. The standard InChI is InChI=1S/C19H23BrN4O.HI/c1-3-21-19(22-12-15-7-5-4-6-8-15)23-13-18(25)24-17-11-16(20)10-9-14(17)2;/h4-11H,3,12-13H2,1-2H3,(H,24,25)(H2,21,22,23);1H. The molecule has 5 nitrogen and oxygen atoms in total. The lowest BCUT2D eigenvalue weighted by Crippen LogP contribution is -2.41. The van der Waals surface area contributed by atoms with Gasteiger partial charge in [-0.05, 0) is 37.1 Å². The molecule has 0 fully saturated rings. The topological polar surface area (TPSA) is 65.5 Å². The number of halogens is 2. The Morgan fingerprint density at radius 1 is 1.12 bits per heavy atom. The van der Waals surface area contributed by atoms with E-state index in [1.165, 1.54) is 0 Å². The zero-order valence-electron chi connectivity index (χ0n) is 14.9. The molecule has 0 atom stereocenters. The second-order valence-corrected chi connectivity index (χ2v) is 6.46. The molecule has 0 aromatic heterocycles. The van der Waals surface area contributed by atoms with Crippen molar-refractivity contribution in [1.82, 2.24) is 10.6 Å². The summed E-state index contributed by atoms with van der Waals surface area (Å²) in [7, 11) is 0. The van der Waals surface area contributed by atoms with Crippen LogP contribution in [0, 0.1) is 6.92 Å². The van der Waals surface area contributed by atoms with Crippen LogP contribution in [0.25, 0.3) is 0 Å². The molecule has 140 valence electrons. The molecule has 0 heterocycles. The molecule has 0 aliphatic heterocycles. The van der Waals surface area contributed by atoms with Crippen molar-refractivity contribution < 1.29 is 4.79 Å². The van der Waals surface area contributed by atoms with Crippen molar-refractivity contribution in [2.75, 3.05) is 18.4 Å². The number of carbonyl (C=O) groups excluding carboxylic acids is 1. The van der Waals surface area contributed by atoms with Crippen LogP contribution < -0.4 is 16.0 Å². The number of aryl methyl sites for hydroxylation is 1. The average molecular weight is 531 g/mol. The van der Waals surface area contributed by atoms with E-state index in [9.17, 15) is 4.79 Å². The minimum absolute atomic E-state index is 0. The van der Waals surface area contributed by atoms with Gasteiger partial charge in [0.1, 0.15) is 0 Å². The van der Waals surface area contributed by atoms with Crippen molar-refractivity contribution in [3.63, 3.8) is 0 Å². The average Bonchev–Trinajstić information content (AvgIpc) is 2.61. The lowest BCUT2D eigenvalue weighted by Gasteiger charge is -2.12. The van der Waals surface area contributed by atoms with E-state index in [0.29, 0.717) is 12.5 Å². The molecule has 2 aromatic rings. The highest BCUT2D eigenvalue weighted by atomic mass is 127. The lowest BCUT2D eigenvalue weighted by atomic mass is 10.2. The van der Waals surface area contributed by atoms with Crippen molar-refractivity contribution in [2.45, 2.75) is 20.4 Å². The highest BCUT2D eigenvalue weighted by Crippen LogP contribution is 2.20. The molecule has 0 unspecified atom stereocenters. The van der Waals surface area contributed by atoms with Crippen LogP contribution in [0.15, 0.2) is 58.0 Å². The highest BCUT2D eigenvalue weighted by Gasteiger charge is 2.06. The van der Waals surface area contributed by atoms with Crippen LogP contribution >= 0.6 is 39.9 Å². The number of rotatable bonds is 6. The summed E-state index contributed by atoms with van der Waals surface area (Å²) in [6, 6.07) is 15.8. The molecule has 0 spiro atoms. The Kier molecular flexibility index (Phi) is 10.3. The van der Waals surface area contributed by atoms with Crippen LogP contribution in [0.3, 0.4) is 0 Å². The molecule has 0 aliphatic rings. The summed E-state index contributed by atoms with van der Waals surface area (Å²) in [6.45, 7) is 5.38. The predicted octanol–water partition coefficient (Wildman–Crippen LogP) is 4.07. The molecule has 26 heavy (non-hydrogen) atoms. The maximum Gasteiger partial charge on any atom is 0.243 e. The molecular formula is C19H24BrIN4O. The zero-order chi connectivity index (χ0) is 18.1. The number of carbonyl (C=O) groups is 1. The number of hydrogen-bond donors (Lipinski definition) is 3. The van der Waals surface area contributed by atoms with E-state index in [0.717, 1.165) is 27.8 Å². The Balaban J connectivity index is 0.00000338. The van der Waals surface area contributed by atoms with E-state index in [4.69, 9.17) is 0 Å². The van der Waals surface area contributed by atoms with Crippen molar-refractivity contribution in [1.29, 1.82) is 0 Å². The van der Waals surface area contributed by atoms with Gasteiger partial charge in [0.15, 0.2) is 5.96 Å². The molecule has 0 aliphatic carbocycles. The van der Waals surface area contributed by atoms with E-state index < -0.39 is 0 Å². The first-order chi connectivity index (χ1) is 12.1. The number of nitrogens with zero attached hydrogens (tertiary/aromatic N) is 1. The number of amides is 1. The molecular weight excluding hydrogens is 507 g/mol. The maximum absolute atomic E-state index is 12.2. The third-order valence-electron chi connectivity index (χ3n) is 3.50. The van der Waals surface area contributed by atoms with Crippen LogP contribution in [-0.2, 0) is 11.3 Å². The van der Waals surface area contributed by atoms with Gasteiger partial charge in [-0.3, -0.25) is 4.79 Å². The summed E-state index contributed by atoms with van der Waals surface area (Å²) < 4.78 is 0.930. The summed E-state index contributed by atoms with van der Waals surface area (Å²) in [4.78, 5) is 16.7. The second kappa shape index (κ2) is 11.9. The summed E-state index contributed by atoms with van der Waals surface area (Å²) >= 11 is 3.42. The number of hydrogen-bond acceptors (Lipinski definition) is 2. The van der Waals surface area contributed by atoms with Crippen LogP contribution in [0.2, 0.25) is 0 Å². The van der Waals surface area contributed by atoms with Gasteiger partial charge >= 0.3 is 0 Å². The van der Waals surface area contributed by atoms with E-state index in [1.54, 1.807) is 0 Å². The molecule has 0 saturated heterocycles. The summed E-state index contributed by atoms with van der Waals surface area (Å²) in [5.41, 5.74) is 2.93. The van der Waals surface area contributed by atoms with Gasteiger partial charge in [0.25, 0.3) is 0 Å². The normalized spacial score (nSPS) is 10.7. The minimum atomic E-state index is -0.119. The number of aliphatic imine (C=N–C) groups is 1. The van der Waals surface area contributed by atoms with Gasteiger partial charge in [0, 0.05) is 16.7 Å². The predicted molar refractivity (Wildman–Crippen MR) is 122 cm³/mol. The fraction of sp³-hybridized carbons (Fsp3) is 0.263. The number of guanidine groups is 1. The van der Waals surface area contributed by atoms with Gasteiger partial charge in [-0.1, -0.05) is 52.3 Å². The van der Waals surface area contributed by atoms with E-state index in [-0.39, 0.29) is 36.4 Å². The third-order valence-corrected chi connectivity index (χ3v) is 3.99. The molecule has 1 amide bonds. The second-order valence-electron chi connectivity index (χ2n) is 5.54. The van der Waals surface area contributed by atoms with Crippen molar-refractivity contribution in [3.05, 3.63) is 64.1 Å². The first-order valence-electron chi connectivity index (χ1n) is 8.20. The molecule has 0 saturated carbocycles. The molecule has 2 aromatic carbocycles. The highest BCUT2D eigenvalue weighted by molar-refractivity contribution is 14.0. The van der Waals surface area contributed by atoms with Gasteiger partial charge in [0.05, 0.1) is 13.1 Å². The smallest absolute Gasteiger partial charge is 0.243 e. The molecule has 3 N–H and O–H groups in total. The first-order valence-corrected chi connectivity index (χ1v) is 9.00. The summed E-state index contributed by atoms with van der Waals surface area (Å²) in [5, 5.41) is 9.11. The van der Waals surface area contributed by atoms with Crippen molar-refractivity contribution in [3.8, 4) is 0 Å². The molecule has 0 bridgehead atoms. The maximum atomic E-state index is 12.2. The SMILES string of the molecule is CCNC(=NCc1ccccc1)NCC(=O)Nc1cc(Br)ccc1C.I. The quantitative estimate of drug-likeness (QED) is 0.300. The minimum Gasteiger partial charge on any atom is -0.357 e. The van der Waals surface area contributed by atoms with Crippen LogP contribution in [0.1, 0.15) is 18.1 Å². The zero-order valence-corrected chi connectivity index (χ0v) is 18.8. The number of anilines is 1.